The Morgan fingerprint density at radius 3 is 2.52 bits per heavy atom. The number of rotatable bonds is 5. The molecule has 0 spiro atoms. The maximum absolute atomic E-state index is 12.2. The van der Waals surface area contributed by atoms with Crippen LogP contribution in [0, 0.1) is 6.92 Å². The smallest absolute Gasteiger partial charge is 0.273 e. The molecule has 1 amide bonds. The average Bonchev–Trinajstić information content (AvgIpc) is 3.09. The first-order chi connectivity index (χ1) is 12.9. The monoisotopic (exact) mass is 398 g/mol. The van der Waals surface area contributed by atoms with Crippen molar-refractivity contribution in [3.05, 3.63) is 93.6 Å². The molecule has 0 fully saturated rings. The molecule has 0 unspecified atom stereocenters. The van der Waals surface area contributed by atoms with E-state index in [0.717, 1.165) is 17.0 Å². The van der Waals surface area contributed by atoms with Crippen molar-refractivity contribution >= 4 is 27.1 Å². The number of hydrogen-bond acceptors (Lipinski definition) is 4. The minimum atomic E-state index is -3.66. The zero-order valence-corrected chi connectivity index (χ0v) is 16.3. The van der Waals surface area contributed by atoms with Crippen LogP contribution in [0.1, 0.15) is 11.1 Å². The van der Waals surface area contributed by atoms with Gasteiger partial charge < -0.3 is 4.57 Å². The molecule has 3 aromatic rings. The lowest BCUT2D eigenvalue weighted by Crippen LogP contribution is -2.16. The summed E-state index contributed by atoms with van der Waals surface area (Å²) >= 11 is 1.32. The van der Waals surface area contributed by atoms with Crippen LogP contribution in [-0.4, -0.2) is 18.9 Å². The molecule has 0 aliphatic rings. The molecule has 0 aliphatic carbocycles. The first kappa shape index (κ1) is 19.0. The lowest BCUT2D eigenvalue weighted by atomic mass is 10.1. The maximum Gasteiger partial charge on any atom is 0.273 e. The second-order valence-corrected chi connectivity index (χ2v) is 8.62. The summed E-state index contributed by atoms with van der Waals surface area (Å²) in [6.07, 6.45) is 2.83. The van der Waals surface area contributed by atoms with Gasteiger partial charge in [-0.05, 0) is 24.6 Å². The van der Waals surface area contributed by atoms with Crippen molar-refractivity contribution in [1.29, 1.82) is 0 Å². The van der Waals surface area contributed by atoms with Crippen molar-refractivity contribution in [2.24, 2.45) is 4.99 Å². The second-order valence-electron chi connectivity index (χ2n) is 5.91. The van der Waals surface area contributed by atoms with Crippen LogP contribution in [0.2, 0.25) is 0 Å². The van der Waals surface area contributed by atoms with Gasteiger partial charge >= 0.3 is 0 Å². The quantitative estimate of drug-likeness (QED) is 0.619. The summed E-state index contributed by atoms with van der Waals surface area (Å²) in [4.78, 5) is 16.8. The fraction of sp³-hybridized carbons (Fsp3) is 0.100. The first-order valence-corrected chi connectivity index (χ1v) is 10.6. The molecule has 1 heterocycles. The van der Waals surface area contributed by atoms with Gasteiger partial charge in [0.2, 0.25) is 0 Å². The van der Waals surface area contributed by atoms with Crippen molar-refractivity contribution in [2.45, 2.75) is 18.4 Å². The van der Waals surface area contributed by atoms with Gasteiger partial charge in [-0.2, -0.15) is 4.99 Å². The van der Waals surface area contributed by atoms with E-state index in [4.69, 9.17) is 0 Å². The number of carbonyl (C=O) groups excluding carboxylic acids is 1. The molecule has 0 saturated heterocycles. The van der Waals surface area contributed by atoms with Crippen LogP contribution in [0.4, 0.5) is 0 Å². The number of nitrogens with zero attached hydrogens (tertiary/aromatic N) is 2. The van der Waals surface area contributed by atoms with E-state index in [9.17, 15) is 13.2 Å². The third-order valence-corrected chi connectivity index (χ3v) is 6.02. The van der Waals surface area contributed by atoms with Gasteiger partial charge in [-0.1, -0.05) is 48.0 Å². The fourth-order valence-electron chi connectivity index (χ4n) is 2.37. The van der Waals surface area contributed by atoms with Gasteiger partial charge in [-0.15, -0.1) is 11.3 Å². The number of aromatic nitrogens is 1. The molecule has 0 N–H and O–H groups in total. The van der Waals surface area contributed by atoms with Gasteiger partial charge in [-0.25, -0.2) is 8.42 Å². The molecule has 5 nitrogen and oxygen atoms in total. The van der Waals surface area contributed by atoms with Crippen LogP contribution in [0.25, 0.3) is 0 Å². The zero-order chi connectivity index (χ0) is 19.3. The number of hydrogen-bond donors (Lipinski definition) is 0. The summed E-state index contributed by atoms with van der Waals surface area (Å²) in [5.41, 5.74) is 2.27. The molecular weight excluding hydrogens is 380 g/mol. The van der Waals surface area contributed by atoms with E-state index < -0.39 is 15.7 Å². The Balaban J connectivity index is 1.78. The highest BCUT2D eigenvalue weighted by Crippen LogP contribution is 2.11. The van der Waals surface area contributed by atoms with Crippen molar-refractivity contribution < 1.29 is 13.2 Å². The summed E-state index contributed by atoms with van der Waals surface area (Å²) in [7, 11) is -3.66. The number of sulfone groups is 1. The molecule has 0 radical (unpaired) electrons. The van der Waals surface area contributed by atoms with Gasteiger partial charge in [0.25, 0.3) is 5.91 Å². The third-order valence-electron chi connectivity index (χ3n) is 3.80. The minimum Gasteiger partial charge on any atom is -0.319 e. The number of aryl methyl sites for hydroxylation is 1. The summed E-state index contributed by atoms with van der Waals surface area (Å²) in [6, 6.07) is 16.1. The van der Waals surface area contributed by atoms with E-state index in [1.165, 1.54) is 29.0 Å². The van der Waals surface area contributed by atoms with Crippen LogP contribution in [0.5, 0.6) is 0 Å². The van der Waals surface area contributed by atoms with Gasteiger partial charge in [0.05, 0.1) is 4.90 Å². The Kier molecular flexibility index (Phi) is 5.83. The highest BCUT2D eigenvalue weighted by atomic mass is 32.2. The first-order valence-electron chi connectivity index (χ1n) is 8.20. The molecular formula is C20H18N2O3S2. The van der Waals surface area contributed by atoms with Gasteiger partial charge in [-0.3, -0.25) is 4.79 Å². The van der Waals surface area contributed by atoms with E-state index in [-0.39, 0.29) is 4.90 Å². The average molecular weight is 399 g/mol. The molecule has 1 aromatic heterocycles. The number of benzene rings is 2. The molecule has 27 heavy (non-hydrogen) atoms. The second kappa shape index (κ2) is 8.28. The van der Waals surface area contributed by atoms with Gasteiger partial charge in [0, 0.05) is 29.6 Å². The largest absolute Gasteiger partial charge is 0.319 e. The minimum absolute atomic E-state index is 0.139. The predicted molar refractivity (Wildman–Crippen MR) is 106 cm³/mol. The highest BCUT2D eigenvalue weighted by molar-refractivity contribution is 7.94. The topological polar surface area (TPSA) is 68.5 Å². The van der Waals surface area contributed by atoms with Crippen molar-refractivity contribution in [3.63, 3.8) is 0 Å². The van der Waals surface area contributed by atoms with Crippen LogP contribution in [-0.2, 0) is 21.2 Å². The lowest BCUT2D eigenvalue weighted by Gasteiger charge is -2.03. The third kappa shape index (κ3) is 5.12. The summed E-state index contributed by atoms with van der Waals surface area (Å²) in [6.45, 7) is 2.61. The predicted octanol–water partition coefficient (Wildman–Crippen LogP) is 3.32. The summed E-state index contributed by atoms with van der Waals surface area (Å²) < 4.78 is 26.2. The van der Waals surface area contributed by atoms with E-state index in [1.54, 1.807) is 18.2 Å². The molecule has 0 aliphatic heterocycles. The normalized spacial score (nSPS) is 12.6. The number of amides is 1. The molecule has 138 valence electrons. The lowest BCUT2D eigenvalue weighted by molar-refractivity contribution is -0.113. The fourth-order valence-corrected chi connectivity index (χ4v) is 4.09. The Labute approximate surface area is 161 Å². The van der Waals surface area contributed by atoms with Gasteiger partial charge in [0.15, 0.2) is 14.6 Å². The Morgan fingerprint density at radius 2 is 1.81 bits per heavy atom. The van der Waals surface area contributed by atoms with Crippen molar-refractivity contribution in [3.8, 4) is 0 Å². The Morgan fingerprint density at radius 1 is 1.11 bits per heavy atom. The van der Waals surface area contributed by atoms with Crippen LogP contribution in [0.3, 0.4) is 0 Å². The zero-order valence-electron chi connectivity index (χ0n) is 14.6. The van der Waals surface area contributed by atoms with Crippen LogP contribution < -0.4 is 4.80 Å². The SMILES string of the molecule is Cc1ccc(Cn2ccsc2=NC(=O)C=CS(=O)(=O)c2ccccc2)cc1. The summed E-state index contributed by atoms with van der Waals surface area (Å²) in [5.74, 6) is -0.616. The Bertz CT molecular complexity index is 1120. The van der Waals surface area contributed by atoms with Gasteiger partial charge in [0.1, 0.15) is 0 Å². The van der Waals surface area contributed by atoms with E-state index in [2.05, 4.69) is 4.99 Å². The van der Waals surface area contributed by atoms with Crippen LogP contribution in [0.15, 0.2) is 87.5 Å². The molecule has 0 bridgehead atoms. The number of thiazole rings is 1. The Hall–Kier alpha value is -2.77. The van der Waals surface area contributed by atoms with Crippen molar-refractivity contribution in [1.82, 2.24) is 4.57 Å². The van der Waals surface area contributed by atoms with E-state index >= 15 is 0 Å². The van der Waals surface area contributed by atoms with E-state index in [1.807, 2.05) is 47.3 Å². The molecule has 7 heteroatoms. The maximum atomic E-state index is 12.2. The molecule has 0 atom stereocenters. The van der Waals surface area contributed by atoms with E-state index in [0.29, 0.717) is 11.3 Å². The molecule has 3 rings (SSSR count). The standard InChI is InChI=1S/C20H18N2O3S2/c1-16-7-9-17(10-8-16)15-22-12-13-26-20(22)21-19(23)11-14-27(24,25)18-5-3-2-4-6-18/h2-14H,15H2,1H3. The van der Waals surface area contributed by atoms with Crippen LogP contribution >= 0.6 is 11.3 Å². The number of carbonyl (C=O) groups is 1. The highest BCUT2D eigenvalue weighted by Gasteiger charge is 2.10. The molecule has 0 saturated carbocycles. The van der Waals surface area contributed by atoms with Crippen molar-refractivity contribution in [2.75, 3.05) is 0 Å². The molecule has 2 aromatic carbocycles. The summed E-state index contributed by atoms with van der Waals surface area (Å²) in [5, 5.41) is 2.73.